The number of carboxylic acids is 2. The molecule has 0 aromatic carbocycles. The number of carboxylic acid groups (broad SMARTS) is 2. The number of nitrogens with one attached hydrogen (secondary N) is 1. The first kappa shape index (κ1) is 29.4. The van der Waals surface area contributed by atoms with Crippen molar-refractivity contribution in [1.29, 1.82) is 0 Å². The molecule has 3 N–H and O–H groups in total. The Kier molecular flexibility index (Phi) is 19.8. The maximum atomic E-state index is 11.7. The number of rotatable bonds is 20. The summed E-state index contributed by atoms with van der Waals surface area (Å²) in [6.45, 7) is 2.22. The number of carbonyl (C=O) groups is 3. The van der Waals surface area contributed by atoms with Crippen LogP contribution in [0.4, 0.5) is 0 Å². The van der Waals surface area contributed by atoms with Crippen LogP contribution >= 0.6 is 0 Å². The summed E-state index contributed by atoms with van der Waals surface area (Å²) in [4.78, 5) is 33.3. The van der Waals surface area contributed by atoms with Crippen LogP contribution in [0.25, 0.3) is 0 Å². The minimum absolute atomic E-state index is 0.206. The van der Waals surface area contributed by atoms with Gasteiger partial charge in [-0.2, -0.15) is 0 Å². The molecule has 0 radical (unpaired) electrons. The highest BCUT2D eigenvalue weighted by Crippen LogP contribution is 2.05. The summed E-state index contributed by atoms with van der Waals surface area (Å²) in [5, 5.41) is 19.8. The zero-order valence-electron chi connectivity index (χ0n) is 19.5. The zero-order chi connectivity index (χ0) is 23.9. The van der Waals surface area contributed by atoms with Gasteiger partial charge in [-0.25, -0.2) is 4.79 Å². The van der Waals surface area contributed by atoms with Crippen LogP contribution in [0.1, 0.15) is 90.4 Å². The third-order valence-corrected chi connectivity index (χ3v) is 4.74. The third-order valence-electron chi connectivity index (χ3n) is 4.74. The van der Waals surface area contributed by atoms with E-state index in [2.05, 4.69) is 60.8 Å². The first-order valence-electron chi connectivity index (χ1n) is 11.8. The number of hydrogen-bond acceptors (Lipinski definition) is 3. The van der Waals surface area contributed by atoms with E-state index >= 15 is 0 Å². The van der Waals surface area contributed by atoms with Crippen LogP contribution in [0.15, 0.2) is 48.6 Å². The molecule has 0 rings (SSSR count). The molecule has 0 aliphatic heterocycles. The molecule has 0 aromatic heterocycles. The Morgan fingerprint density at radius 1 is 0.719 bits per heavy atom. The van der Waals surface area contributed by atoms with E-state index in [-0.39, 0.29) is 6.42 Å². The van der Waals surface area contributed by atoms with Crippen LogP contribution in [-0.4, -0.2) is 34.1 Å². The van der Waals surface area contributed by atoms with Gasteiger partial charge < -0.3 is 15.5 Å². The molecule has 6 heteroatoms. The number of carbonyl (C=O) groups excluding carboxylic acids is 1. The zero-order valence-corrected chi connectivity index (χ0v) is 19.5. The van der Waals surface area contributed by atoms with Crippen molar-refractivity contribution in [2.45, 2.75) is 96.4 Å². The minimum atomic E-state index is -1.37. The molecule has 0 saturated carbocycles. The van der Waals surface area contributed by atoms with Gasteiger partial charge in [0.25, 0.3) is 0 Å². The van der Waals surface area contributed by atoms with Crippen molar-refractivity contribution in [3.05, 3.63) is 48.6 Å². The van der Waals surface area contributed by atoms with E-state index < -0.39 is 30.3 Å². The second-order valence-corrected chi connectivity index (χ2v) is 7.74. The number of aliphatic carboxylic acids is 2. The maximum absolute atomic E-state index is 11.7. The first-order chi connectivity index (χ1) is 15.5. The van der Waals surface area contributed by atoms with Gasteiger partial charge in [0.2, 0.25) is 5.91 Å². The van der Waals surface area contributed by atoms with Crippen LogP contribution in [-0.2, 0) is 14.4 Å². The van der Waals surface area contributed by atoms with Crippen molar-refractivity contribution in [3.63, 3.8) is 0 Å². The fraction of sp³-hybridized carbons (Fsp3) is 0.577. The minimum Gasteiger partial charge on any atom is -0.481 e. The second kappa shape index (κ2) is 21.6. The van der Waals surface area contributed by atoms with Gasteiger partial charge in [-0.05, 0) is 51.4 Å². The van der Waals surface area contributed by atoms with E-state index in [1.165, 1.54) is 25.7 Å². The lowest BCUT2D eigenvalue weighted by atomic mass is 10.1. The van der Waals surface area contributed by atoms with E-state index in [0.29, 0.717) is 6.42 Å². The molecule has 0 heterocycles. The van der Waals surface area contributed by atoms with Gasteiger partial charge in [-0.3, -0.25) is 9.59 Å². The van der Waals surface area contributed by atoms with Crippen LogP contribution < -0.4 is 5.32 Å². The topological polar surface area (TPSA) is 104 Å². The molecule has 0 bridgehead atoms. The Hall–Kier alpha value is -2.63. The van der Waals surface area contributed by atoms with Crippen LogP contribution in [0, 0.1) is 0 Å². The summed E-state index contributed by atoms with van der Waals surface area (Å²) >= 11 is 0. The molecular formula is C26H41NO5. The Bertz CT molecular complexity index is 634. The monoisotopic (exact) mass is 447 g/mol. The molecule has 0 aromatic rings. The highest BCUT2D eigenvalue weighted by atomic mass is 16.4. The fourth-order valence-corrected chi connectivity index (χ4v) is 2.93. The number of allylic oxidation sites excluding steroid dienone is 8. The summed E-state index contributed by atoms with van der Waals surface area (Å²) in [7, 11) is 0. The number of hydrogen-bond donors (Lipinski definition) is 3. The molecule has 0 unspecified atom stereocenters. The average molecular weight is 448 g/mol. The maximum Gasteiger partial charge on any atom is 0.326 e. The van der Waals surface area contributed by atoms with E-state index in [1.807, 2.05) is 0 Å². The van der Waals surface area contributed by atoms with Gasteiger partial charge in [-0.15, -0.1) is 0 Å². The third kappa shape index (κ3) is 20.6. The summed E-state index contributed by atoms with van der Waals surface area (Å²) in [5.74, 6) is -3.01. The van der Waals surface area contributed by atoms with Crippen molar-refractivity contribution in [2.24, 2.45) is 0 Å². The van der Waals surface area contributed by atoms with E-state index in [4.69, 9.17) is 10.2 Å². The summed E-state index contributed by atoms with van der Waals surface area (Å²) in [6, 6.07) is -1.37. The van der Waals surface area contributed by atoms with Gasteiger partial charge in [-0.1, -0.05) is 74.8 Å². The van der Waals surface area contributed by atoms with Crippen molar-refractivity contribution in [2.75, 3.05) is 0 Å². The Morgan fingerprint density at radius 2 is 1.22 bits per heavy atom. The Balaban J connectivity index is 3.66. The van der Waals surface area contributed by atoms with Crippen molar-refractivity contribution in [1.82, 2.24) is 5.32 Å². The predicted octanol–water partition coefficient (Wildman–Crippen LogP) is 5.96. The average Bonchev–Trinajstić information content (AvgIpc) is 2.74. The van der Waals surface area contributed by atoms with Crippen LogP contribution in [0.3, 0.4) is 0 Å². The quantitative estimate of drug-likeness (QED) is 0.158. The van der Waals surface area contributed by atoms with Gasteiger partial charge in [0.1, 0.15) is 6.04 Å². The number of unbranched alkanes of at least 4 members (excludes halogenated alkanes) is 6. The summed E-state index contributed by atoms with van der Waals surface area (Å²) in [5.41, 5.74) is 0. The molecule has 1 atom stereocenters. The molecule has 0 fully saturated rings. The van der Waals surface area contributed by atoms with Gasteiger partial charge in [0.15, 0.2) is 0 Å². The van der Waals surface area contributed by atoms with Crippen molar-refractivity contribution >= 4 is 17.8 Å². The summed E-state index contributed by atoms with van der Waals surface area (Å²) < 4.78 is 0. The first-order valence-corrected chi connectivity index (χ1v) is 11.8. The Morgan fingerprint density at radius 3 is 1.69 bits per heavy atom. The molecule has 0 aliphatic rings. The predicted molar refractivity (Wildman–Crippen MR) is 129 cm³/mol. The van der Waals surface area contributed by atoms with Crippen molar-refractivity contribution < 1.29 is 24.6 Å². The normalized spacial score (nSPS) is 12.9. The van der Waals surface area contributed by atoms with E-state index in [1.54, 1.807) is 0 Å². The highest BCUT2D eigenvalue weighted by molar-refractivity contribution is 5.86. The van der Waals surface area contributed by atoms with Gasteiger partial charge in [0, 0.05) is 6.42 Å². The second-order valence-electron chi connectivity index (χ2n) is 7.74. The SMILES string of the molecule is CCCCC/C=C\C/C=C\C/C=C\C/C=C\CCCCCC(=O)N[C@@H](CC(=O)O)C(=O)O. The molecule has 32 heavy (non-hydrogen) atoms. The molecule has 0 saturated heterocycles. The van der Waals surface area contributed by atoms with Gasteiger partial charge in [0.05, 0.1) is 6.42 Å². The number of amides is 1. The largest absolute Gasteiger partial charge is 0.481 e. The lowest BCUT2D eigenvalue weighted by molar-refractivity contribution is -0.147. The fourth-order valence-electron chi connectivity index (χ4n) is 2.93. The van der Waals surface area contributed by atoms with Crippen molar-refractivity contribution in [3.8, 4) is 0 Å². The molecule has 0 aliphatic carbocycles. The molecule has 1 amide bonds. The van der Waals surface area contributed by atoms with E-state index in [0.717, 1.165) is 38.5 Å². The summed E-state index contributed by atoms with van der Waals surface area (Å²) in [6.07, 6.45) is 28.4. The Labute approximate surface area is 193 Å². The smallest absolute Gasteiger partial charge is 0.326 e. The lowest BCUT2D eigenvalue weighted by Crippen LogP contribution is -2.42. The van der Waals surface area contributed by atoms with Gasteiger partial charge >= 0.3 is 11.9 Å². The molecular weight excluding hydrogens is 406 g/mol. The molecule has 0 spiro atoms. The molecule has 6 nitrogen and oxygen atoms in total. The van der Waals surface area contributed by atoms with Crippen LogP contribution in [0.5, 0.6) is 0 Å². The standard InChI is InChI=1S/C26H41NO5/c1-2-3-4-5-6-7-8-9-10-11-12-13-14-15-16-17-18-19-20-21-24(28)27-23(26(31)32)22-25(29)30/h6-7,9-10,12-13,15-16,23H,2-5,8,11,14,17-22H2,1H3,(H,27,28)(H,29,30)(H,31,32)/b7-6-,10-9-,13-12-,16-15-/t23-/m0/s1. The van der Waals surface area contributed by atoms with E-state index in [9.17, 15) is 14.4 Å². The highest BCUT2D eigenvalue weighted by Gasteiger charge is 2.22. The lowest BCUT2D eigenvalue weighted by Gasteiger charge is -2.12. The van der Waals surface area contributed by atoms with Crippen LogP contribution in [0.2, 0.25) is 0 Å². The molecule has 180 valence electrons.